The highest BCUT2D eigenvalue weighted by Crippen LogP contribution is 2.32. The number of anilines is 1. The largest absolute Gasteiger partial charge is 0.356 e. The summed E-state index contributed by atoms with van der Waals surface area (Å²) in [5.74, 6) is 1.15. The maximum atomic E-state index is 4.49. The van der Waals surface area contributed by atoms with Crippen LogP contribution >= 0.6 is 0 Å². The maximum absolute atomic E-state index is 4.49. The molecule has 0 spiro atoms. The summed E-state index contributed by atoms with van der Waals surface area (Å²) >= 11 is 0. The van der Waals surface area contributed by atoms with E-state index in [1.54, 1.807) is 0 Å². The van der Waals surface area contributed by atoms with E-state index in [1.807, 2.05) is 19.3 Å². The molecule has 1 aromatic rings. The highest BCUT2D eigenvalue weighted by atomic mass is 15.2. The molecule has 0 amide bonds. The second-order valence-corrected chi connectivity index (χ2v) is 5.16. The van der Waals surface area contributed by atoms with E-state index in [1.165, 1.54) is 12.0 Å². The van der Waals surface area contributed by atoms with Crippen molar-refractivity contribution in [1.82, 2.24) is 10.3 Å². The van der Waals surface area contributed by atoms with Gasteiger partial charge in [-0.2, -0.15) is 0 Å². The van der Waals surface area contributed by atoms with Crippen LogP contribution in [0.25, 0.3) is 0 Å². The molecule has 0 bridgehead atoms. The molecule has 2 rings (SSSR count). The third-order valence-electron chi connectivity index (χ3n) is 3.44. The molecule has 1 N–H and O–H groups in total. The number of pyridine rings is 1. The molecule has 1 aliphatic rings. The summed E-state index contributed by atoms with van der Waals surface area (Å²) in [4.78, 5) is 6.90. The van der Waals surface area contributed by atoms with Gasteiger partial charge in [0.2, 0.25) is 0 Å². The lowest BCUT2D eigenvalue weighted by Gasteiger charge is -2.25. The van der Waals surface area contributed by atoms with Gasteiger partial charge in [-0.25, -0.2) is 4.98 Å². The minimum absolute atomic E-state index is 0.388. The van der Waals surface area contributed by atoms with Gasteiger partial charge in [0.05, 0.1) is 0 Å². The van der Waals surface area contributed by atoms with Crippen LogP contribution < -0.4 is 10.2 Å². The van der Waals surface area contributed by atoms with E-state index in [0.717, 1.165) is 25.5 Å². The quantitative estimate of drug-likeness (QED) is 0.840. The average Bonchev–Trinajstić information content (AvgIpc) is 2.62. The Morgan fingerprint density at radius 2 is 2.38 bits per heavy atom. The molecule has 1 atom stereocenters. The molecule has 3 nitrogen and oxygen atoms in total. The minimum atomic E-state index is 0.388. The molecule has 1 aromatic heterocycles. The zero-order valence-electron chi connectivity index (χ0n) is 10.5. The minimum Gasteiger partial charge on any atom is -0.356 e. The van der Waals surface area contributed by atoms with Gasteiger partial charge in [-0.3, -0.25) is 0 Å². The molecule has 1 saturated heterocycles. The normalized spacial score (nSPS) is 25.1. The van der Waals surface area contributed by atoms with Crippen LogP contribution in [0.5, 0.6) is 0 Å². The average molecular weight is 219 g/mol. The van der Waals surface area contributed by atoms with Crippen LogP contribution in [-0.2, 0) is 0 Å². The zero-order chi connectivity index (χ0) is 11.6. The van der Waals surface area contributed by atoms with E-state index in [-0.39, 0.29) is 0 Å². The Morgan fingerprint density at radius 1 is 1.56 bits per heavy atom. The van der Waals surface area contributed by atoms with Crippen LogP contribution in [0, 0.1) is 12.3 Å². The van der Waals surface area contributed by atoms with E-state index in [2.05, 4.69) is 35.1 Å². The van der Waals surface area contributed by atoms with Crippen LogP contribution in [0.2, 0.25) is 0 Å². The third-order valence-corrected chi connectivity index (χ3v) is 3.44. The SMILES string of the molecule is CNCC1(C)CCN(c2ncccc2C)C1. The van der Waals surface area contributed by atoms with Crippen molar-refractivity contribution in [3.05, 3.63) is 23.9 Å². The first-order valence-electron chi connectivity index (χ1n) is 5.96. The van der Waals surface area contributed by atoms with Crippen LogP contribution in [0.1, 0.15) is 18.9 Å². The zero-order valence-corrected chi connectivity index (χ0v) is 10.5. The molecule has 1 aliphatic heterocycles. The Kier molecular flexibility index (Phi) is 3.15. The van der Waals surface area contributed by atoms with Gasteiger partial charge in [-0.1, -0.05) is 13.0 Å². The summed E-state index contributed by atoms with van der Waals surface area (Å²) in [6.45, 7) is 7.79. The van der Waals surface area contributed by atoms with E-state index in [0.29, 0.717) is 5.41 Å². The van der Waals surface area contributed by atoms with Crippen molar-refractivity contribution in [3.63, 3.8) is 0 Å². The fourth-order valence-electron chi connectivity index (χ4n) is 2.58. The maximum Gasteiger partial charge on any atom is 0.131 e. The fraction of sp³-hybridized carbons (Fsp3) is 0.615. The third kappa shape index (κ3) is 2.19. The van der Waals surface area contributed by atoms with Crippen molar-refractivity contribution >= 4 is 5.82 Å². The number of nitrogens with one attached hydrogen (secondary N) is 1. The number of hydrogen-bond acceptors (Lipinski definition) is 3. The van der Waals surface area contributed by atoms with Crippen molar-refractivity contribution in [1.29, 1.82) is 0 Å². The Hall–Kier alpha value is -1.09. The summed E-state index contributed by atoms with van der Waals surface area (Å²) in [6, 6.07) is 4.14. The number of nitrogens with zero attached hydrogens (tertiary/aromatic N) is 2. The van der Waals surface area contributed by atoms with Gasteiger partial charge in [-0.05, 0) is 37.4 Å². The van der Waals surface area contributed by atoms with Crippen molar-refractivity contribution in [2.75, 3.05) is 31.6 Å². The van der Waals surface area contributed by atoms with Crippen LogP contribution in [-0.4, -0.2) is 31.7 Å². The van der Waals surface area contributed by atoms with E-state index >= 15 is 0 Å². The highest BCUT2D eigenvalue weighted by Gasteiger charge is 2.33. The van der Waals surface area contributed by atoms with Gasteiger partial charge in [-0.15, -0.1) is 0 Å². The number of rotatable bonds is 3. The molecule has 0 saturated carbocycles. The predicted molar refractivity (Wildman–Crippen MR) is 67.8 cm³/mol. The number of aromatic nitrogens is 1. The molecule has 2 heterocycles. The van der Waals surface area contributed by atoms with Gasteiger partial charge in [0.25, 0.3) is 0 Å². The molecule has 88 valence electrons. The second-order valence-electron chi connectivity index (χ2n) is 5.16. The number of hydrogen-bond donors (Lipinski definition) is 1. The van der Waals surface area contributed by atoms with Crippen molar-refractivity contribution in [3.8, 4) is 0 Å². The summed E-state index contributed by atoms with van der Waals surface area (Å²) < 4.78 is 0. The first-order chi connectivity index (χ1) is 7.64. The number of aryl methyl sites for hydroxylation is 1. The van der Waals surface area contributed by atoms with Crippen LogP contribution in [0.4, 0.5) is 5.82 Å². The van der Waals surface area contributed by atoms with Gasteiger partial charge >= 0.3 is 0 Å². The molecule has 1 unspecified atom stereocenters. The Bertz CT molecular complexity index is 364. The highest BCUT2D eigenvalue weighted by molar-refractivity contribution is 5.47. The van der Waals surface area contributed by atoms with Gasteiger partial charge in [0.1, 0.15) is 5.82 Å². The molecule has 3 heteroatoms. The van der Waals surface area contributed by atoms with E-state index < -0.39 is 0 Å². The second kappa shape index (κ2) is 4.42. The molecular weight excluding hydrogens is 198 g/mol. The predicted octanol–water partition coefficient (Wildman–Crippen LogP) is 1.83. The lowest BCUT2D eigenvalue weighted by atomic mass is 9.90. The molecule has 0 aliphatic carbocycles. The Balaban J connectivity index is 2.12. The Morgan fingerprint density at radius 3 is 3.06 bits per heavy atom. The molecule has 0 aromatic carbocycles. The summed E-state index contributed by atoms with van der Waals surface area (Å²) in [5.41, 5.74) is 1.66. The van der Waals surface area contributed by atoms with Crippen LogP contribution in [0.15, 0.2) is 18.3 Å². The van der Waals surface area contributed by atoms with E-state index in [4.69, 9.17) is 0 Å². The first-order valence-corrected chi connectivity index (χ1v) is 5.96. The standard InChI is InChI=1S/C13H21N3/c1-11-5-4-7-15-12(11)16-8-6-13(2,10-16)9-14-3/h4-5,7,14H,6,8-10H2,1-3H3. The molecule has 0 radical (unpaired) electrons. The van der Waals surface area contributed by atoms with Crippen molar-refractivity contribution in [2.24, 2.45) is 5.41 Å². The molecular formula is C13H21N3. The monoisotopic (exact) mass is 219 g/mol. The van der Waals surface area contributed by atoms with Gasteiger partial charge < -0.3 is 10.2 Å². The summed E-state index contributed by atoms with van der Waals surface area (Å²) in [5, 5.41) is 3.29. The fourth-order valence-corrected chi connectivity index (χ4v) is 2.58. The molecule has 16 heavy (non-hydrogen) atoms. The van der Waals surface area contributed by atoms with Crippen LogP contribution in [0.3, 0.4) is 0 Å². The summed E-state index contributed by atoms with van der Waals surface area (Å²) in [7, 11) is 2.03. The first kappa shape index (κ1) is 11.4. The van der Waals surface area contributed by atoms with Gasteiger partial charge in [0.15, 0.2) is 0 Å². The smallest absolute Gasteiger partial charge is 0.131 e. The lowest BCUT2D eigenvalue weighted by molar-refractivity contribution is 0.355. The van der Waals surface area contributed by atoms with Crippen molar-refractivity contribution < 1.29 is 0 Å². The molecule has 1 fully saturated rings. The van der Waals surface area contributed by atoms with Gasteiger partial charge in [0, 0.05) is 25.8 Å². The van der Waals surface area contributed by atoms with E-state index in [9.17, 15) is 0 Å². The topological polar surface area (TPSA) is 28.2 Å². The lowest BCUT2D eigenvalue weighted by Crippen LogP contribution is -2.33. The van der Waals surface area contributed by atoms with Crippen molar-refractivity contribution in [2.45, 2.75) is 20.3 Å². The Labute approximate surface area is 97.9 Å². The summed E-state index contributed by atoms with van der Waals surface area (Å²) in [6.07, 6.45) is 3.12.